The molecule has 1 aliphatic carbocycles. The van der Waals surface area contributed by atoms with Gasteiger partial charge in [0.05, 0.1) is 24.7 Å². The number of rotatable bonds is 5. The lowest BCUT2D eigenvalue weighted by molar-refractivity contribution is -0.0108. The van der Waals surface area contributed by atoms with Crippen LogP contribution < -0.4 is 4.74 Å². The average Bonchev–Trinajstić information content (AvgIpc) is 3.46. The van der Waals surface area contributed by atoms with Crippen LogP contribution in [0.15, 0.2) is 48.8 Å². The van der Waals surface area contributed by atoms with E-state index in [0.717, 1.165) is 60.7 Å². The first-order valence-corrected chi connectivity index (χ1v) is 10.6. The van der Waals surface area contributed by atoms with Crippen molar-refractivity contribution in [3.63, 3.8) is 0 Å². The van der Waals surface area contributed by atoms with Crippen molar-refractivity contribution in [3.8, 4) is 17.0 Å². The van der Waals surface area contributed by atoms with Gasteiger partial charge in [-0.05, 0) is 61.6 Å². The highest BCUT2D eigenvalue weighted by Crippen LogP contribution is 2.50. The maximum Gasteiger partial charge on any atom is 0.118 e. The Morgan fingerprint density at radius 1 is 1.17 bits per heavy atom. The molecule has 2 fully saturated rings. The SMILES string of the molecule is COc1ccc(-c2[nH]ncc2CN2C[C@@H]3CC[C@@](O)(c4ccc(C)cn4)[C@@H]3C2)cc1. The van der Waals surface area contributed by atoms with Gasteiger partial charge in [-0.3, -0.25) is 15.0 Å². The van der Waals surface area contributed by atoms with E-state index in [9.17, 15) is 5.11 Å². The number of fused-ring (bicyclic) bond motifs is 1. The van der Waals surface area contributed by atoms with E-state index in [1.54, 1.807) is 7.11 Å². The Morgan fingerprint density at radius 3 is 2.73 bits per heavy atom. The number of H-pyrrole nitrogens is 1. The van der Waals surface area contributed by atoms with Crippen LogP contribution in [0.4, 0.5) is 0 Å². The summed E-state index contributed by atoms with van der Waals surface area (Å²) in [6.07, 6.45) is 5.63. The molecule has 2 aromatic heterocycles. The van der Waals surface area contributed by atoms with Gasteiger partial charge in [0, 0.05) is 42.9 Å². The minimum absolute atomic E-state index is 0.226. The number of hydrogen-bond acceptors (Lipinski definition) is 5. The highest BCUT2D eigenvalue weighted by Gasteiger charge is 2.53. The van der Waals surface area contributed by atoms with E-state index in [2.05, 4.69) is 32.2 Å². The van der Waals surface area contributed by atoms with E-state index in [0.29, 0.717) is 5.92 Å². The van der Waals surface area contributed by atoms with Gasteiger partial charge in [0.15, 0.2) is 0 Å². The molecule has 30 heavy (non-hydrogen) atoms. The largest absolute Gasteiger partial charge is 0.497 e. The molecule has 6 nitrogen and oxygen atoms in total. The van der Waals surface area contributed by atoms with Crippen molar-refractivity contribution >= 4 is 0 Å². The fourth-order valence-electron chi connectivity index (χ4n) is 5.24. The van der Waals surface area contributed by atoms with E-state index in [1.807, 2.05) is 43.6 Å². The molecule has 2 N–H and O–H groups in total. The van der Waals surface area contributed by atoms with Crippen molar-refractivity contribution in [2.45, 2.75) is 31.9 Å². The molecule has 0 bridgehead atoms. The maximum absolute atomic E-state index is 11.5. The molecule has 3 atom stereocenters. The van der Waals surface area contributed by atoms with Gasteiger partial charge < -0.3 is 9.84 Å². The number of nitrogens with one attached hydrogen (secondary N) is 1. The Balaban J connectivity index is 1.33. The Kier molecular flexibility index (Phi) is 4.83. The molecule has 0 unspecified atom stereocenters. The van der Waals surface area contributed by atoms with Gasteiger partial charge in [0.25, 0.3) is 0 Å². The quantitative estimate of drug-likeness (QED) is 0.681. The fraction of sp³-hybridized carbons (Fsp3) is 0.417. The predicted molar refractivity (Wildman–Crippen MR) is 115 cm³/mol. The third-order valence-electron chi connectivity index (χ3n) is 6.87. The van der Waals surface area contributed by atoms with Gasteiger partial charge in [-0.25, -0.2) is 0 Å². The summed E-state index contributed by atoms with van der Waals surface area (Å²) in [6, 6.07) is 12.1. The van der Waals surface area contributed by atoms with Crippen LogP contribution in [0.25, 0.3) is 11.3 Å². The topological polar surface area (TPSA) is 74.3 Å². The molecule has 3 heterocycles. The Labute approximate surface area is 176 Å². The van der Waals surface area contributed by atoms with E-state index in [4.69, 9.17) is 4.74 Å². The summed E-state index contributed by atoms with van der Waals surface area (Å²) in [5, 5.41) is 19.0. The molecule has 0 spiro atoms. The molecule has 1 saturated heterocycles. The second-order valence-electron chi connectivity index (χ2n) is 8.74. The zero-order valence-corrected chi connectivity index (χ0v) is 17.5. The van der Waals surface area contributed by atoms with Crippen molar-refractivity contribution in [2.24, 2.45) is 11.8 Å². The van der Waals surface area contributed by atoms with Crippen molar-refractivity contribution in [2.75, 3.05) is 20.2 Å². The van der Waals surface area contributed by atoms with Crippen LogP contribution in [0.5, 0.6) is 5.75 Å². The summed E-state index contributed by atoms with van der Waals surface area (Å²) in [5.41, 5.74) is 4.45. The summed E-state index contributed by atoms with van der Waals surface area (Å²) >= 11 is 0. The van der Waals surface area contributed by atoms with E-state index in [1.165, 1.54) is 5.56 Å². The zero-order chi connectivity index (χ0) is 20.7. The first kappa shape index (κ1) is 19.3. The molecule has 156 valence electrons. The molecule has 2 aliphatic rings. The Hall–Kier alpha value is -2.70. The number of hydrogen-bond donors (Lipinski definition) is 2. The number of aromatic nitrogens is 3. The lowest BCUT2D eigenvalue weighted by Crippen LogP contribution is -2.35. The lowest BCUT2D eigenvalue weighted by atomic mass is 9.85. The predicted octanol–water partition coefficient (Wildman–Crippen LogP) is 3.52. The van der Waals surface area contributed by atoms with Crippen molar-refractivity contribution in [1.82, 2.24) is 20.1 Å². The Morgan fingerprint density at radius 2 is 2.00 bits per heavy atom. The molecule has 5 rings (SSSR count). The number of aryl methyl sites for hydroxylation is 1. The third kappa shape index (κ3) is 3.30. The minimum atomic E-state index is -0.817. The molecule has 1 saturated carbocycles. The number of pyridine rings is 1. The van der Waals surface area contributed by atoms with Gasteiger partial charge >= 0.3 is 0 Å². The van der Waals surface area contributed by atoms with Crippen LogP contribution in [-0.2, 0) is 12.1 Å². The lowest BCUT2D eigenvalue weighted by Gasteiger charge is -2.29. The second-order valence-corrected chi connectivity index (χ2v) is 8.74. The van der Waals surface area contributed by atoms with Crippen molar-refractivity contribution < 1.29 is 9.84 Å². The van der Waals surface area contributed by atoms with Gasteiger partial charge in [0.1, 0.15) is 11.4 Å². The normalized spacial score (nSPS) is 26.1. The van der Waals surface area contributed by atoms with E-state index >= 15 is 0 Å². The number of methoxy groups -OCH3 is 1. The first-order valence-electron chi connectivity index (χ1n) is 10.6. The first-order chi connectivity index (χ1) is 14.6. The van der Waals surface area contributed by atoms with Crippen LogP contribution in [-0.4, -0.2) is 45.4 Å². The van der Waals surface area contributed by atoms with E-state index < -0.39 is 5.60 Å². The molecule has 0 radical (unpaired) electrons. The fourth-order valence-corrected chi connectivity index (χ4v) is 5.24. The molecule has 1 aliphatic heterocycles. The Bertz CT molecular complexity index is 1010. The minimum Gasteiger partial charge on any atom is -0.497 e. The summed E-state index contributed by atoms with van der Waals surface area (Å²) < 4.78 is 5.27. The number of aromatic amines is 1. The van der Waals surface area contributed by atoms with Gasteiger partial charge in [0.2, 0.25) is 0 Å². The van der Waals surface area contributed by atoms with Crippen LogP contribution in [0.1, 0.15) is 29.7 Å². The number of aliphatic hydroxyl groups is 1. The van der Waals surface area contributed by atoms with Crippen LogP contribution in [0.2, 0.25) is 0 Å². The summed E-state index contributed by atoms with van der Waals surface area (Å²) in [4.78, 5) is 7.02. The highest BCUT2D eigenvalue weighted by molar-refractivity contribution is 5.63. The van der Waals surface area contributed by atoms with Crippen molar-refractivity contribution in [3.05, 3.63) is 65.6 Å². The smallest absolute Gasteiger partial charge is 0.118 e. The molecule has 0 amide bonds. The van der Waals surface area contributed by atoms with Crippen molar-refractivity contribution in [1.29, 1.82) is 0 Å². The summed E-state index contributed by atoms with van der Waals surface area (Å²) in [7, 11) is 1.67. The monoisotopic (exact) mass is 404 g/mol. The molecular weight excluding hydrogens is 376 g/mol. The molecule has 1 aromatic carbocycles. The standard InChI is InChI=1S/C24H28N4O2/c1-16-3-8-22(25-11-16)24(29)10-9-18-13-28(15-21(18)24)14-19-12-26-27-23(19)17-4-6-20(30-2)7-5-17/h3-8,11-12,18,21,29H,9-10,13-15H2,1-2H3,(H,26,27)/t18-,21+,24-/m0/s1. The van der Waals surface area contributed by atoms with Gasteiger partial charge in [-0.2, -0.15) is 5.10 Å². The summed E-state index contributed by atoms with van der Waals surface area (Å²) in [6.45, 7) is 4.74. The third-order valence-corrected chi connectivity index (χ3v) is 6.87. The number of likely N-dealkylation sites (tertiary alicyclic amines) is 1. The molecule has 3 aromatic rings. The molecular formula is C24H28N4O2. The molecule has 6 heteroatoms. The van der Waals surface area contributed by atoms with E-state index in [-0.39, 0.29) is 5.92 Å². The maximum atomic E-state index is 11.5. The van der Waals surface area contributed by atoms with Gasteiger partial charge in [-0.15, -0.1) is 0 Å². The van der Waals surface area contributed by atoms with Gasteiger partial charge in [-0.1, -0.05) is 6.07 Å². The zero-order valence-electron chi connectivity index (χ0n) is 17.5. The van der Waals surface area contributed by atoms with Crippen LogP contribution in [0.3, 0.4) is 0 Å². The number of ether oxygens (including phenoxy) is 1. The number of benzene rings is 1. The number of nitrogens with zero attached hydrogens (tertiary/aromatic N) is 3. The van der Waals surface area contributed by atoms with Crippen LogP contribution >= 0.6 is 0 Å². The second kappa shape index (κ2) is 7.52. The summed E-state index contributed by atoms with van der Waals surface area (Å²) in [5.74, 6) is 1.58. The average molecular weight is 405 g/mol. The van der Waals surface area contributed by atoms with Crippen LogP contribution in [0, 0.1) is 18.8 Å². The highest BCUT2D eigenvalue weighted by atomic mass is 16.5.